The molecule has 0 saturated heterocycles. The van der Waals surface area contributed by atoms with Gasteiger partial charge in [0, 0.05) is 36.9 Å². The standard InChI is InChI=1S/C24H21N3O5S/c1-27(2)24(29)23(28)21-15-25-22-13-8-16(14-20(21)22)26-33(30,31)19-11-9-18(10-12-19)32-17-6-4-3-5-7-17/h3-15,25-26H,1-2H3. The van der Waals surface area contributed by atoms with Crippen LogP contribution in [0.5, 0.6) is 11.5 Å². The van der Waals surface area contributed by atoms with Crippen LogP contribution < -0.4 is 9.46 Å². The van der Waals surface area contributed by atoms with Crippen LogP contribution in [0.15, 0.2) is 83.9 Å². The van der Waals surface area contributed by atoms with Crippen molar-refractivity contribution in [1.29, 1.82) is 0 Å². The highest BCUT2D eigenvalue weighted by molar-refractivity contribution is 7.92. The van der Waals surface area contributed by atoms with E-state index in [1.807, 2.05) is 18.2 Å². The number of ketones is 1. The first kappa shape index (κ1) is 22.1. The number of ether oxygens (including phenoxy) is 1. The topological polar surface area (TPSA) is 109 Å². The minimum absolute atomic E-state index is 0.0520. The number of rotatable bonds is 7. The molecular weight excluding hydrogens is 442 g/mol. The first-order chi connectivity index (χ1) is 15.7. The fourth-order valence-electron chi connectivity index (χ4n) is 3.22. The third-order valence-corrected chi connectivity index (χ3v) is 6.29. The molecule has 1 heterocycles. The van der Waals surface area contributed by atoms with Gasteiger partial charge in [0.15, 0.2) is 0 Å². The zero-order chi connectivity index (χ0) is 23.6. The smallest absolute Gasteiger partial charge is 0.294 e. The van der Waals surface area contributed by atoms with Gasteiger partial charge >= 0.3 is 0 Å². The van der Waals surface area contributed by atoms with Crippen molar-refractivity contribution in [2.45, 2.75) is 4.90 Å². The molecule has 0 spiro atoms. The van der Waals surface area contributed by atoms with Gasteiger partial charge in [-0.05, 0) is 54.6 Å². The molecule has 0 atom stereocenters. The summed E-state index contributed by atoms with van der Waals surface area (Å²) < 4.78 is 34.0. The van der Waals surface area contributed by atoms with E-state index in [0.717, 1.165) is 0 Å². The molecule has 0 saturated carbocycles. The molecule has 0 aliphatic heterocycles. The largest absolute Gasteiger partial charge is 0.457 e. The fourth-order valence-corrected chi connectivity index (χ4v) is 4.27. The Hall–Kier alpha value is -4.11. The number of H-pyrrole nitrogens is 1. The Balaban J connectivity index is 1.56. The first-order valence-electron chi connectivity index (χ1n) is 9.97. The number of sulfonamides is 1. The number of hydrogen-bond donors (Lipinski definition) is 2. The first-order valence-corrected chi connectivity index (χ1v) is 11.5. The van der Waals surface area contributed by atoms with Gasteiger partial charge in [-0.25, -0.2) is 8.42 Å². The number of para-hydroxylation sites is 1. The number of fused-ring (bicyclic) bond motifs is 1. The van der Waals surface area contributed by atoms with Gasteiger partial charge in [0.1, 0.15) is 11.5 Å². The number of carbonyl (C=O) groups is 2. The lowest BCUT2D eigenvalue weighted by atomic mass is 10.1. The van der Waals surface area contributed by atoms with E-state index in [2.05, 4.69) is 9.71 Å². The van der Waals surface area contributed by atoms with Gasteiger partial charge < -0.3 is 14.6 Å². The molecule has 4 aromatic rings. The molecule has 0 bridgehead atoms. The van der Waals surface area contributed by atoms with Crippen molar-refractivity contribution in [2.75, 3.05) is 18.8 Å². The van der Waals surface area contributed by atoms with Gasteiger partial charge in [-0.15, -0.1) is 0 Å². The van der Waals surface area contributed by atoms with Crippen molar-refractivity contribution in [2.24, 2.45) is 0 Å². The van der Waals surface area contributed by atoms with Crippen LogP contribution in [-0.2, 0) is 14.8 Å². The van der Waals surface area contributed by atoms with Crippen molar-refractivity contribution in [3.63, 3.8) is 0 Å². The quantitative estimate of drug-likeness (QED) is 0.318. The second-order valence-corrected chi connectivity index (χ2v) is 9.17. The number of carbonyl (C=O) groups excluding carboxylic acids is 2. The number of amides is 1. The van der Waals surface area contributed by atoms with E-state index in [9.17, 15) is 18.0 Å². The predicted octanol–water partition coefficient (Wildman–Crippen LogP) is 4.03. The van der Waals surface area contributed by atoms with Crippen LogP contribution in [0.3, 0.4) is 0 Å². The zero-order valence-corrected chi connectivity index (χ0v) is 18.7. The average molecular weight is 464 g/mol. The molecule has 1 aromatic heterocycles. The zero-order valence-electron chi connectivity index (χ0n) is 17.9. The molecule has 33 heavy (non-hydrogen) atoms. The minimum atomic E-state index is -3.89. The fraction of sp³-hybridized carbons (Fsp3) is 0.0833. The normalized spacial score (nSPS) is 11.2. The van der Waals surface area contributed by atoms with Crippen LogP contribution in [0.4, 0.5) is 5.69 Å². The van der Waals surface area contributed by atoms with Crippen LogP contribution in [-0.4, -0.2) is 44.1 Å². The summed E-state index contributed by atoms with van der Waals surface area (Å²) in [5.41, 5.74) is 1.04. The highest BCUT2D eigenvalue weighted by Crippen LogP contribution is 2.26. The summed E-state index contributed by atoms with van der Waals surface area (Å²) in [6.07, 6.45) is 1.44. The molecule has 0 fully saturated rings. The van der Waals surface area contributed by atoms with Gasteiger partial charge in [-0.1, -0.05) is 18.2 Å². The molecule has 8 nitrogen and oxygen atoms in total. The predicted molar refractivity (Wildman–Crippen MR) is 125 cm³/mol. The summed E-state index contributed by atoms with van der Waals surface area (Å²) in [5.74, 6) is -0.202. The molecule has 1 amide bonds. The minimum Gasteiger partial charge on any atom is -0.457 e. The number of hydrogen-bond acceptors (Lipinski definition) is 5. The highest BCUT2D eigenvalue weighted by Gasteiger charge is 2.22. The van der Waals surface area contributed by atoms with Crippen molar-refractivity contribution >= 4 is 38.3 Å². The summed E-state index contributed by atoms with van der Waals surface area (Å²) in [6.45, 7) is 0. The number of benzene rings is 3. The van der Waals surface area contributed by atoms with Crippen LogP contribution in [0.25, 0.3) is 10.9 Å². The Bertz CT molecular complexity index is 1430. The molecule has 0 radical (unpaired) electrons. The van der Waals surface area contributed by atoms with Crippen LogP contribution in [0.2, 0.25) is 0 Å². The summed E-state index contributed by atoms with van der Waals surface area (Å²) in [4.78, 5) is 28.7. The lowest BCUT2D eigenvalue weighted by Gasteiger charge is -2.10. The van der Waals surface area contributed by atoms with Crippen molar-refractivity contribution in [3.8, 4) is 11.5 Å². The third kappa shape index (κ3) is 4.73. The number of anilines is 1. The number of nitrogens with one attached hydrogen (secondary N) is 2. The molecule has 168 valence electrons. The van der Waals surface area contributed by atoms with Gasteiger partial charge in [0.05, 0.1) is 10.5 Å². The number of aromatic nitrogens is 1. The molecule has 0 unspecified atom stereocenters. The van der Waals surface area contributed by atoms with E-state index in [1.165, 1.54) is 43.4 Å². The van der Waals surface area contributed by atoms with E-state index < -0.39 is 21.7 Å². The second kappa shape index (κ2) is 8.79. The summed E-state index contributed by atoms with van der Waals surface area (Å²) in [5, 5.41) is 0.446. The number of aromatic amines is 1. The summed E-state index contributed by atoms with van der Waals surface area (Å²) in [6, 6.07) is 19.9. The van der Waals surface area contributed by atoms with Crippen LogP contribution >= 0.6 is 0 Å². The molecule has 0 aliphatic carbocycles. The molecule has 0 aliphatic rings. The molecule has 3 aromatic carbocycles. The molecular formula is C24H21N3O5S. The third-order valence-electron chi connectivity index (χ3n) is 4.89. The van der Waals surface area contributed by atoms with Gasteiger partial charge in [-0.3, -0.25) is 14.3 Å². The highest BCUT2D eigenvalue weighted by atomic mass is 32.2. The monoisotopic (exact) mass is 463 g/mol. The Morgan fingerprint density at radius 1 is 0.909 bits per heavy atom. The summed E-state index contributed by atoms with van der Waals surface area (Å²) in [7, 11) is -0.912. The lowest BCUT2D eigenvalue weighted by Crippen LogP contribution is -2.29. The van der Waals surface area contributed by atoms with Crippen molar-refractivity contribution in [1.82, 2.24) is 9.88 Å². The molecule has 9 heteroatoms. The maximum Gasteiger partial charge on any atom is 0.294 e. The number of likely N-dealkylation sites (N-methyl/N-ethyl adjacent to an activating group) is 1. The van der Waals surface area contributed by atoms with E-state index in [-0.39, 0.29) is 16.1 Å². The van der Waals surface area contributed by atoms with E-state index in [4.69, 9.17) is 4.74 Å². The van der Waals surface area contributed by atoms with Crippen LogP contribution in [0, 0.1) is 0 Å². The average Bonchev–Trinajstić information content (AvgIpc) is 3.22. The number of Topliss-reactive ketones (excluding diaryl/α,β-unsaturated/α-hetero) is 1. The maximum absolute atomic E-state index is 12.9. The van der Waals surface area contributed by atoms with Gasteiger partial charge in [0.25, 0.3) is 21.7 Å². The Morgan fingerprint density at radius 2 is 1.58 bits per heavy atom. The lowest BCUT2D eigenvalue weighted by molar-refractivity contribution is -0.124. The maximum atomic E-state index is 12.9. The van der Waals surface area contributed by atoms with Crippen LogP contribution in [0.1, 0.15) is 10.4 Å². The SMILES string of the molecule is CN(C)C(=O)C(=O)c1c[nH]c2ccc(NS(=O)(=O)c3ccc(Oc4ccccc4)cc3)cc12. The van der Waals surface area contributed by atoms with Gasteiger partial charge in [-0.2, -0.15) is 0 Å². The van der Waals surface area contributed by atoms with Gasteiger partial charge in [0.2, 0.25) is 0 Å². The van der Waals surface area contributed by atoms with Crippen molar-refractivity contribution < 1.29 is 22.7 Å². The van der Waals surface area contributed by atoms with E-state index in [1.54, 1.807) is 36.4 Å². The Kier molecular flexibility index (Phi) is 5.89. The summed E-state index contributed by atoms with van der Waals surface area (Å²) >= 11 is 0. The second-order valence-electron chi connectivity index (χ2n) is 7.48. The molecule has 4 rings (SSSR count). The number of nitrogens with zero attached hydrogens (tertiary/aromatic N) is 1. The van der Waals surface area contributed by atoms with E-state index >= 15 is 0 Å². The molecule has 2 N–H and O–H groups in total. The van der Waals surface area contributed by atoms with E-state index in [0.29, 0.717) is 22.4 Å². The van der Waals surface area contributed by atoms with Crippen molar-refractivity contribution in [3.05, 3.63) is 84.6 Å². The Morgan fingerprint density at radius 3 is 2.24 bits per heavy atom. The Labute approximate surface area is 190 Å².